The third-order valence-corrected chi connectivity index (χ3v) is 23.8. The Hall–Kier alpha value is -10.1. The van der Waals surface area contributed by atoms with Gasteiger partial charge in [-0.25, -0.2) is 24.0 Å². The molecule has 5 unspecified atom stereocenters. The summed E-state index contributed by atoms with van der Waals surface area (Å²) in [6.07, 6.45) is 4.84. The quantitative estimate of drug-likeness (QED) is 0.0206. The van der Waals surface area contributed by atoms with Crippen LogP contribution in [-0.4, -0.2) is 193 Å². The number of carbonyl (C=O) groups is 10. The van der Waals surface area contributed by atoms with Crippen LogP contribution in [0.25, 0.3) is 0 Å². The Morgan fingerprint density at radius 3 is 1.40 bits per heavy atom. The first-order valence-electron chi connectivity index (χ1n) is 39.6. The number of carboxylic acids is 2. The number of anilines is 3. The molecule has 13 atom stereocenters. The van der Waals surface area contributed by atoms with Crippen molar-refractivity contribution in [2.75, 3.05) is 80.7 Å². The zero-order valence-corrected chi connectivity index (χ0v) is 66.8. The summed E-state index contributed by atoms with van der Waals surface area (Å²) in [4.78, 5) is 129. The van der Waals surface area contributed by atoms with Gasteiger partial charge in [0.15, 0.2) is 29.4 Å². The molecule has 0 radical (unpaired) electrons. The van der Waals surface area contributed by atoms with Crippen LogP contribution in [0.1, 0.15) is 167 Å². The Bertz CT molecular complexity index is 4370. The van der Waals surface area contributed by atoms with Gasteiger partial charge in [0.2, 0.25) is 0 Å². The van der Waals surface area contributed by atoms with Gasteiger partial charge in [-0.1, -0.05) is 95.9 Å². The molecule has 0 aromatic heterocycles. The van der Waals surface area contributed by atoms with Crippen LogP contribution in [0, 0.1) is 17.8 Å². The highest BCUT2D eigenvalue weighted by molar-refractivity contribution is 9.09. The summed E-state index contributed by atoms with van der Waals surface area (Å²) in [6, 6.07) is 28.9. The number of aromatic hydroxyl groups is 1. The normalized spacial score (nSPS) is 24.1. The number of phenols is 1. The zero-order valence-electron chi connectivity index (χ0n) is 65.2. The summed E-state index contributed by atoms with van der Waals surface area (Å²) in [7, 11) is 1.12. The van der Waals surface area contributed by atoms with Crippen molar-refractivity contribution in [3.05, 3.63) is 142 Å². The monoisotopic (exact) mass is 1650 g/mol. The van der Waals surface area contributed by atoms with Gasteiger partial charge in [-0.15, -0.1) is 0 Å². The number of ether oxygens (including phenoxy) is 9. The fourth-order valence-electron chi connectivity index (χ4n) is 18.0. The van der Waals surface area contributed by atoms with E-state index in [1.807, 2.05) is 97.1 Å². The molecule has 0 bridgehead atoms. The van der Waals surface area contributed by atoms with Gasteiger partial charge in [0.05, 0.1) is 20.2 Å². The minimum atomic E-state index is -1.36. The van der Waals surface area contributed by atoms with Crippen LogP contribution >= 0.6 is 15.9 Å². The molecule has 2 amide bonds. The Kier molecular flexibility index (Phi) is 28.3. The molecule has 31 heteroatoms. The van der Waals surface area contributed by atoms with E-state index in [1.165, 1.54) is 67.4 Å². The van der Waals surface area contributed by atoms with Crippen molar-refractivity contribution in [1.82, 2.24) is 15.1 Å². The van der Waals surface area contributed by atoms with Gasteiger partial charge in [0.25, 0.3) is 0 Å². The summed E-state index contributed by atoms with van der Waals surface area (Å²) >= 11 is 3.11. The van der Waals surface area contributed by atoms with E-state index >= 15 is 0 Å². The molecular weight excluding hydrogens is 1550 g/mol. The second-order valence-electron chi connectivity index (χ2n) is 31.0. The molecule has 30 nitrogen and oxygen atoms in total. The number of nitrogens with one attached hydrogen (secondary N) is 1. The summed E-state index contributed by atoms with van der Waals surface area (Å²) in [5.74, 6) is -1.60. The number of nitrogens with two attached hydrogens (primary N) is 2. The lowest BCUT2D eigenvalue weighted by molar-refractivity contribution is -0.234. The molecule has 10 aliphatic rings. The Labute approximate surface area is 675 Å². The third-order valence-electron chi connectivity index (χ3n) is 23.1. The van der Waals surface area contributed by atoms with Crippen molar-refractivity contribution in [2.24, 2.45) is 29.2 Å². The van der Waals surface area contributed by atoms with Crippen molar-refractivity contribution in [3.63, 3.8) is 0 Å². The summed E-state index contributed by atoms with van der Waals surface area (Å²) < 4.78 is 47.6. The van der Waals surface area contributed by atoms with Crippen LogP contribution in [0.4, 0.5) is 26.7 Å². The number of carboxylic acid groups (broad SMARTS) is 2. The summed E-state index contributed by atoms with van der Waals surface area (Å²) in [5.41, 5.74) is 24.2. The standard InChI is InChI=1S/C28H33N3O6.C23H26N2O3.C20H27N3O4.C13H17BrO9/c29-24(9-10-25(32)33)27(34)37-21-13-20-16-31(28(35)36-17-18-5-2-1-3-6-18)12-11-30-15-19-7-4-8-22(19)23(14-21)26(20)30;26-19-11-18-14-25(23(27)28-15-16-5-2-1-3-6-16)10-9-24-13-17-7-4-8-20(17)21(12-19)22(18)24;21-17(4-5-18(24)25)20(26)27-14-8-13-10-22-6-7-23-11-12-2-1-3-15(12)16(9-14)19(13)23;1-5(15)20-8-9(21-6(2)16)11(13(18)19-4)23-12(14)10(8)22-7(3)17/h1-3,5-6,13-14,19,22,24H,4,7-12,15-17,29H2,(H,32,33);1-3,5-6,11-12,17,20,26H,4,7-10,13-15H2;8-9,12,15,17,22H,1-7,10-11,21H2,(H,24,25);8-12H,1-4H3/t19-,22-,24-;17-,20-;12-,15-,17-;/m000./s1. The number of carbonyl (C=O) groups excluding carboxylic acids is 8. The number of esters is 6. The number of amides is 2. The van der Waals surface area contributed by atoms with Crippen molar-refractivity contribution in [3.8, 4) is 17.2 Å². The predicted molar refractivity (Wildman–Crippen MR) is 421 cm³/mol. The lowest BCUT2D eigenvalue weighted by Gasteiger charge is -2.41. The molecular formula is C84H103BrN8O22. The van der Waals surface area contributed by atoms with E-state index in [9.17, 15) is 53.1 Å². The molecule has 5 aromatic rings. The first kappa shape index (κ1) is 84.3. The number of methoxy groups -OCH3 is 1. The van der Waals surface area contributed by atoms with Crippen molar-refractivity contribution in [1.29, 1.82) is 0 Å². The van der Waals surface area contributed by atoms with Crippen molar-refractivity contribution < 1.29 is 106 Å². The van der Waals surface area contributed by atoms with Crippen molar-refractivity contribution >= 4 is 92.9 Å². The molecule has 618 valence electrons. The maximum absolute atomic E-state index is 13.0. The Morgan fingerprint density at radius 1 is 0.530 bits per heavy atom. The largest absolute Gasteiger partial charge is 0.508 e. The number of benzene rings is 5. The second-order valence-corrected chi connectivity index (χ2v) is 31.9. The van der Waals surface area contributed by atoms with Crippen LogP contribution < -0.4 is 41.0 Å². The summed E-state index contributed by atoms with van der Waals surface area (Å²) in [6.45, 7) is 13.2. The number of nitrogens with zero attached hydrogens (tertiary/aromatic N) is 5. The zero-order chi connectivity index (χ0) is 81.7. The maximum Gasteiger partial charge on any atom is 0.410 e. The smallest absolute Gasteiger partial charge is 0.410 e. The fourth-order valence-corrected chi connectivity index (χ4v) is 18.6. The van der Waals surface area contributed by atoms with Gasteiger partial charge in [-0.3, -0.25) is 24.0 Å². The third kappa shape index (κ3) is 21.0. The number of aliphatic carboxylic acids is 2. The van der Waals surface area contributed by atoms with E-state index in [0.717, 1.165) is 126 Å². The number of hydrogen-bond acceptors (Lipinski definition) is 26. The highest BCUT2D eigenvalue weighted by Crippen LogP contribution is 2.54. The van der Waals surface area contributed by atoms with Gasteiger partial charge in [0.1, 0.15) is 42.5 Å². The lowest BCUT2D eigenvalue weighted by atomic mass is 9.82. The van der Waals surface area contributed by atoms with Gasteiger partial charge >= 0.3 is 59.9 Å². The molecule has 15 rings (SSSR count). The average molecular weight is 1660 g/mol. The minimum absolute atomic E-state index is 0.00543. The van der Waals surface area contributed by atoms with E-state index in [0.29, 0.717) is 85.5 Å². The number of alkyl halides is 1. The van der Waals surface area contributed by atoms with Crippen LogP contribution in [0.15, 0.2) is 97.1 Å². The highest BCUT2D eigenvalue weighted by atomic mass is 79.9. The molecule has 7 heterocycles. The van der Waals surface area contributed by atoms with Crippen LogP contribution in [0.5, 0.6) is 17.2 Å². The average Bonchev–Trinajstić information content (AvgIpc) is 1.67. The molecule has 7 aliphatic heterocycles. The maximum atomic E-state index is 13.0. The molecule has 4 fully saturated rings. The van der Waals surface area contributed by atoms with Gasteiger partial charge < -0.3 is 99.2 Å². The SMILES string of the molecule is COC(=O)C1OC(Br)C(OC(C)=O)C(OC(C)=O)C1OC(C)=O.N[C@@H](CCC(=O)O)C(=O)Oc1cc2c3c(c1)[C@H]1CCC[C@H]1CN3CCN(C(=O)OCc1ccccc1)C2.N[C@@H](CCC(=O)O)C(=O)Oc1cc2c3c(c1)[C@H]1CCC[C@H]1CN3CCNC2.O=C(OCc1ccccc1)N1CCN2C[C@@H]3CCC[C@@H]3c3cc(O)cc(c32)C1. The predicted octanol–water partition coefficient (Wildman–Crippen LogP) is 9.55. The Balaban J connectivity index is 0.000000144. The number of fused-ring (bicyclic) bond motifs is 6. The van der Waals surface area contributed by atoms with Crippen LogP contribution in [-0.2, 0) is 104 Å². The number of rotatable bonds is 18. The lowest BCUT2D eigenvalue weighted by Crippen LogP contribution is -2.61. The van der Waals surface area contributed by atoms with Gasteiger partial charge in [-0.2, -0.15) is 0 Å². The van der Waals surface area contributed by atoms with E-state index in [2.05, 4.69) is 40.7 Å². The molecule has 0 spiro atoms. The number of phenolic OH excluding ortho intramolecular Hbond substituents is 1. The molecule has 1 saturated heterocycles. The number of hydrogen-bond donors (Lipinski definition) is 6. The molecule has 5 aromatic carbocycles. The molecule has 115 heavy (non-hydrogen) atoms. The topological polar surface area (TPSA) is 395 Å². The molecule has 3 aliphatic carbocycles. The fraction of sp³-hybridized carbons (Fsp3) is 0.524. The van der Waals surface area contributed by atoms with Gasteiger partial charge in [-0.05, 0) is 168 Å². The number of halogens is 1. The van der Waals surface area contributed by atoms with E-state index in [1.54, 1.807) is 9.80 Å². The highest BCUT2D eigenvalue weighted by Gasteiger charge is 2.54. The van der Waals surface area contributed by atoms with E-state index in [4.69, 9.17) is 59.6 Å². The summed E-state index contributed by atoms with van der Waals surface area (Å²) in [5, 5.41) is 30.5. The minimum Gasteiger partial charge on any atom is -0.508 e. The molecule has 3 saturated carbocycles. The van der Waals surface area contributed by atoms with Crippen molar-refractivity contribution in [2.45, 2.75) is 196 Å². The first-order chi connectivity index (χ1) is 55.3. The second kappa shape index (κ2) is 38.6. The Morgan fingerprint density at radius 2 is 0.948 bits per heavy atom. The van der Waals surface area contributed by atoms with Crippen LogP contribution in [0.2, 0.25) is 0 Å². The van der Waals surface area contributed by atoms with Gasteiger partial charge in [0, 0.05) is 116 Å². The van der Waals surface area contributed by atoms with E-state index < -0.39 is 89.3 Å². The molecule has 8 N–H and O–H groups in total. The van der Waals surface area contributed by atoms with Crippen LogP contribution in [0.3, 0.4) is 0 Å². The first-order valence-corrected chi connectivity index (χ1v) is 40.5. The van der Waals surface area contributed by atoms with E-state index in [-0.39, 0.29) is 51.1 Å².